The highest BCUT2D eigenvalue weighted by molar-refractivity contribution is 5.83. The molecule has 0 spiro atoms. The molecule has 0 saturated carbocycles. The molecular formula is C18H14N4O. The Labute approximate surface area is 133 Å². The molecule has 0 atom stereocenters. The molecule has 0 aliphatic heterocycles. The van der Waals surface area contributed by atoms with Crippen LogP contribution in [0.3, 0.4) is 0 Å². The summed E-state index contributed by atoms with van der Waals surface area (Å²) < 4.78 is 5.45. The normalized spacial score (nSPS) is 11.0. The van der Waals surface area contributed by atoms with E-state index in [2.05, 4.69) is 32.3 Å². The molecule has 4 aromatic rings. The van der Waals surface area contributed by atoms with E-state index < -0.39 is 0 Å². The first-order chi connectivity index (χ1) is 11.2. The molecule has 2 aromatic heterocycles. The number of aryl methyl sites for hydroxylation is 2. The minimum atomic E-state index is 0.538. The van der Waals surface area contributed by atoms with E-state index in [1.807, 2.05) is 43.5 Å². The third-order valence-corrected chi connectivity index (χ3v) is 3.69. The Morgan fingerprint density at radius 2 is 1.57 bits per heavy atom. The van der Waals surface area contributed by atoms with Crippen molar-refractivity contribution >= 4 is 10.9 Å². The Hall–Kier alpha value is -3.08. The Kier molecular flexibility index (Phi) is 3.12. The zero-order valence-electron chi connectivity index (χ0n) is 12.8. The number of benzene rings is 2. The zero-order valence-corrected chi connectivity index (χ0v) is 12.8. The van der Waals surface area contributed by atoms with E-state index in [1.54, 1.807) is 6.92 Å². The maximum Gasteiger partial charge on any atom is 0.247 e. The van der Waals surface area contributed by atoms with Crippen LogP contribution in [0.4, 0.5) is 0 Å². The summed E-state index contributed by atoms with van der Waals surface area (Å²) in [5, 5.41) is 8.93. The van der Waals surface area contributed by atoms with Crippen LogP contribution in [0.5, 0.6) is 0 Å². The van der Waals surface area contributed by atoms with Crippen LogP contribution in [0, 0.1) is 13.8 Å². The van der Waals surface area contributed by atoms with Gasteiger partial charge in [0.15, 0.2) is 0 Å². The minimum absolute atomic E-state index is 0.538. The molecule has 0 fully saturated rings. The maximum atomic E-state index is 5.45. The van der Waals surface area contributed by atoms with Gasteiger partial charge < -0.3 is 4.42 Å². The second kappa shape index (κ2) is 5.28. The van der Waals surface area contributed by atoms with E-state index in [4.69, 9.17) is 4.42 Å². The van der Waals surface area contributed by atoms with Gasteiger partial charge in [-0.05, 0) is 36.2 Å². The van der Waals surface area contributed by atoms with Crippen LogP contribution >= 0.6 is 0 Å². The summed E-state index contributed by atoms with van der Waals surface area (Å²) in [4.78, 5) is 8.71. The molecule has 23 heavy (non-hydrogen) atoms. The van der Waals surface area contributed by atoms with E-state index in [-0.39, 0.29) is 0 Å². The van der Waals surface area contributed by atoms with Crippen molar-refractivity contribution in [2.24, 2.45) is 0 Å². The Morgan fingerprint density at radius 3 is 2.30 bits per heavy atom. The van der Waals surface area contributed by atoms with Crippen LogP contribution in [0.2, 0.25) is 0 Å². The van der Waals surface area contributed by atoms with Gasteiger partial charge in [-0.15, -0.1) is 10.2 Å². The molecule has 5 nitrogen and oxygen atoms in total. The second-order valence-corrected chi connectivity index (χ2v) is 5.39. The third kappa shape index (κ3) is 2.57. The van der Waals surface area contributed by atoms with Crippen molar-refractivity contribution in [1.29, 1.82) is 0 Å². The van der Waals surface area contributed by atoms with Crippen molar-refractivity contribution in [2.75, 3.05) is 0 Å². The number of hydrogen-bond donors (Lipinski definition) is 0. The van der Waals surface area contributed by atoms with E-state index in [0.717, 1.165) is 33.4 Å². The summed E-state index contributed by atoms with van der Waals surface area (Å²) in [6.07, 6.45) is 1.85. The SMILES string of the molecule is Cc1ncc2ccc(-c3ccc(-c4nnc(C)o4)cc3)cc2n1. The highest BCUT2D eigenvalue weighted by Crippen LogP contribution is 2.26. The lowest BCUT2D eigenvalue weighted by molar-refractivity contribution is 0.533. The summed E-state index contributed by atoms with van der Waals surface area (Å²) in [5.41, 5.74) is 4.09. The molecule has 0 amide bonds. The molecule has 112 valence electrons. The van der Waals surface area contributed by atoms with E-state index in [9.17, 15) is 0 Å². The first-order valence-electron chi connectivity index (χ1n) is 7.33. The first-order valence-corrected chi connectivity index (χ1v) is 7.33. The van der Waals surface area contributed by atoms with Gasteiger partial charge in [-0.2, -0.15) is 0 Å². The quantitative estimate of drug-likeness (QED) is 0.560. The number of nitrogens with zero attached hydrogens (tertiary/aromatic N) is 4. The third-order valence-electron chi connectivity index (χ3n) is 3.69. The molecular weight excluding hydrogens is 288 g/mol. The molecule has 5 heteroatoms. The summed E-state index contributed by atoms with van der Waals surface area (Å²) in [6.45, 7) is 3.68. The highest BCUT2D eigenvalue weighted by atomic mass is 16.4. The zero-order chi connectivity index (χ0) is 15.8. The first kappa shape index (κ1) is 13.6. The van der Waals surface area contributed by atoms with Crippen molar-refractivity contribution in [1.82, 2.24) is 20.2 Å². The topological polar surface area (TPSA) is 64.7 Å². The molecule has 0 N–H and O–H groups in total. The summed E-state index contributed by atoms with van der Waals surface area (Å²) >= 11 is 0. The van der Waals surface area contributed by atoms with Crippen molar-refractivity contribution < 1.29 is 4.42 Å². The lowest BCUT2D eigenvalue weighted by Crippen LogP contribution is -1.88. The van der Waals surface area contributed by atoms with Gasteiger partial charge >= 0.3 is 0 Å². The van der Waals surface area contributed by atoms with Gasteiger partial charge in [0, 0.05) is 24.1 Å². The fourth-order valence-electron chi connectivity index (χ4n) is 2.51. The standard InChI is InChI=1S/C18H14N4O/c1-11-19-10-16-8-7-15(9-17(16)20-11)13-3-5-14(6-4-13)18-22-21-12(2)23-18/h3-10H,1-2H3. The van der Waals surface area contributed by atoms with E-state index in [1.165, 1.54) is 0 Å². The Morgan fingerprint density at radius 1 is 0.826 bits per heavy atom. The summed E-state index contributed by atoms with van der Waals surface area (Å²) in [7, 11) is 0. The predicted molar refractivity (Wildman–Crippen MR) is 87.7 cm³/mol. The van der Waals surface area contributed by atoms with Gasteiger partial charge in [0.05, 0.1) is 5.52 Å². The summed E-state index contributed by atoms with van der Waals surface area (Å²) in [6, 6.07) is 14.3. The van der Waals surface area contributed by atoms with Crippen molar-refractivity contribution in [3.05, 3.63) is 60.4 Å². The van der Waals surface area contributed by atoms with Gasteiger partial charge in [-0.25, -0.2) is 9.97 Å². The van der Waals surface area contributed by atoms with Gasteiger partial charge in [-0.3, -0.25) is 0 Å². The van der Waals surface area contributed by atoms with Crippen LogP contribution in [0.15, 0.2) is 53.1 Å². The molecule has 0 unspecified atom stereocenters. The lowest BCUT2D eigenvalue weighted by Gasteiger charge is -2.05. The molecule has 2 aromatic carbocycles. The Bertz CT molecular complexity index is 990. The predicted octanol–water partition coefficient (Wildman–Crippen LogP) is 3.96. The largest absolute Gasteiger partial charge is 0.421 e. The molecule has 2 heterocycles. The number of hydrogen-bond acceptors (Lipinski definition) is 5. The highest BCUT2D eigenvalue weighted by Gasteiger charge is 2.07. The molecule has 0 aliphatic carbocycles. The number of aromatic nitrogens is 4. The monoisotopic (exact) mass is 302 g/mol. The molecule has 0 saturated heterocycles. The molecule has 0 radical (unpaired) electrons. The fourth-order valence-corrected chi connectivity index (χ4v) is 2.51. The van der Waals surface area contributed by atoms with Gasteiger partial charge in [-0.1, -0.05) is 24.3 Å². The second-order valence-electron chi connectivity index (χ2n) is 5.39. The van der Waals surface area contributed by atoms with Gasteiger partial charge in [0.1, 0.15) is 5.82 Å². The summed E-state index contributed by atoms with van der Waals surface area (Å²) in [5.74, 6) is 1.88. The molecule has 0 aliphatic rings. The van der Waals surface area contributed by atoms with Crippen molar-refractivity contribution in [3.8, 4) is 22.6 Å². The van der Waals surface area contributed by atoms with Crippen LogP contribution in [-0.2, 0) is 0 Å². The fraction of sp³-hybridized carbons (Fsp3) is 0.111. The Balaban J connectivity index is 1.72. The van der Waals surface area contributed by atoms with E-state index in [0.29, 0.717) is 11.8 Å². The van der Waals surface area contributed by atoms with Gasteiger partial charge in [0.25, 0.3) is 0 Å². The minimum Gasteiger partial charge on any atom is -0.421 e. The lowest BCUT2D eigenvalue weighted by atomic mass is 10.0. The number of rotatable bonds is 2. The number of fused-ring (bicyclic) bond motifs is 1. The average Bonchev–Trinajstić information content (AvgIpc) is 3.01. The van der Waals surface area contributed by atoms with Crippen LogP contribution in [0.25, 0.3) is 33.5 Å². The maximum absolute atomic E-state index is 5.45. The van der Waals surface area contributed by atoms with Crippen LogP contribution in [-0.4, -0.2) is 20.2 Å². The van der Waals surface area contributed by atoms with Gasteiger partial charge in [0.2, 0.25) is 11.8 Å². The average molecular weight is 302 g/mol. The smallest absolute Gasteiger partial charge is 0.247 e. The van der Waals surface area contributed by atoms with E-state index >= 15 is 0 Å². The van der Waals surface area contributed by atoms with Crippen molar-refractivity contribution in [3.63, 3.8) is 0 Å². The van der Waals surface area contributed by atoms with Crippen LogP contribution in [0.1, 0.15) is 11.7 Å². The molecule has 4 rings (SSSR count). The molecule has 0 bridgehead atoms. The van der Waals surface area contributed by atoms with Crippen LogP contribution < -0.4 is 0 Å². The van der Waals surface area contributed by atoms with Crippen molar-refractivity contribution in [2.45, 2.75) is 13.8 Å².